The maximum Gasteiger partial charge on any atom is 0.123 e. The van der Waals surface area contributed by atoms with Crippen molar-refractivity contribution in [1.82, 2.24) is 0 Å². The molecule has 0 bridgehead atoms. The summed E-state index contributed by atoms with van der Waals surface area (Å²) in [4.78, 5) is 1.11. The van der Waals surface area contributed by atoms with Crippen molar-refractivity contribution in [3.05, 3.63) is 53.8 Å². The van der Waals surface area contributed by atoms with Gasteiger partial charge >= 0.3 is 0 Å². The summed E-state index contributed by atoms with van der Waals surface area (Å²) >= 11 is 1.73. The molecular weight excluding hydrogens is 273 g/mol. The first-order valence-corrected chi connectivity index (χ1v) is 7.51. The average molecular weight is 291 g/mol. The number of thioether (sulfide) groups is 1. The molecule has 0 spiro atoms. The summed E-state index contributed by atoms with van der Waals surface area (Å²) in [5.41, 5.74) is 7.95. The van der Waals surface area contributed by atoms with Crippen LogP contribution in [-0.2, 0) is 0 Å². The van der Waals surface area contributed by atoms with Gasteiger partial charge in [-0.15, -0.1) is 11.8 Å². The molecule has 2 rings (SSSR count). The number of benzene rings is 2. The SMILES string of the molecule is Cc1ccc(SCCCOc2ccc(F)cc2)c(N)c1. The van der Waals surface area contributed by atoms with E-state index in [9.17, 15) is 4.39 Å². The maximum atomic E-state index is 12.7. The Morgan fingerprint density at radius 1 is 1.15 bits per heavy atom. The molecule has 0 aliphatic heterocycles. The van der Waals surface area contributed by atoms with Crippen molar-refractivity contribution in [3.8, 4) is 5.75 Å². The summed E-state index contributed by atoms with van der Waals surface area (Å²) in [5, 5.41) is 0. The quantitative estimate of drug-likeness (QED) is 0.490. The standard InChI is InChI=1S/C16H18FNOS/c1-12-3-8-16(15(18)11-12)20-10-2-9-19-14-6-4-13(17)5-7-14/h3-8,11H,2,9-10,18H2,1H3. The van der Waals surface area contributed by atoms with Crippen LogP contribution in [0.2, 0.25) is 0 Å². The lowest BCUT2D eigenvalue weighted by molar-refractivity contribution is 0.318. The Kier molecular flexibility index (Phi) is 5.30. The second-order valence-corrected chi connectivity index (χ2v) is 5.68. The number of nitrogen functional groups attached to an aromatic ring is 1. The average Bonchev–Trinajstić information content (AvgIpc) is 2.42. The van der Waals surface area contributed by atoms with E-state index in [0.29, 0.717) is 12.4 Å². The normalized spacial score (nSPS) is 10.5. The van der Waals surface area contributed by atoms with Gasteiger partial charge in [-0.1, -0.05) is 6.07 Å². The Morgan fingerprint density at radius 3 is 2.60 bits per heavy atom. The van der Waals surface area contributed by atoms with E-state index in [0.717, 1.165) is 22.8 Å². The Hall–Kier alpha value is -1.68. The minimum absolute atomic E-state index is 0.247. The van der Waals surface area contributed by atoms with Gasteiger partial charge in [0, 0.05) is 16.3 Å². The molecule has 2 N–H and O–H groups in total. The van der Waals surface area contributed by atoms with Crippen molar-refractivity contribution in [2.24, 2.45) is 0 Å². The first-order valence-electron chi connectivity index (χ1n) is 6.52. The fourth-order valence-corrected chi connectivity index (χ4v) is 2.63. The van der Waals surface area contributed by atoms with Crippen LogP contribution in [0.1, 0.15) is 12.0 Å². The fourth-order valence-electron chi connectivity index (χ4n) is 1.76. The zero-order valence-corrected chi connectivity index (χ0v) is 12.3. The van der Waals surface area contributed by atoms with Crippen LogP contribution in [0.5, 0.6) is 5.75 Å². The summed E-state index contributed by atoms with van der Waals surface area (Å²) in [6, 6.07) is 12.2. The van der Waals surface area contributed by atoms with Crippen molar-refractivity contribution in [3.63, 3.8) is 0 Å². The van der Waals surface area contributed by atoms with Gasteiger partial charge in [0.1, 0.15) is 11.6 Å². The van der Waals surface area contributed by atoms with E-state index < -0.39 is 0 Å². The molecule has 0 aliphatic carbocycles. The van der Waals surface area contributed by atoms with Crippen LogP contribution in [-0.4, -0.2) is 12.4 Å². The molecule has 0 aliphatic rings. The highest BCUT2D eigenvalue weighted by Gasteiger charge is 2.00. The summed E-state index contributed by atoms with van der Waals surface area (Å²) in [5.74, 6) is 1.39. The molecule has 4 heteroatoms. The van der Waals surface area contributed by atoms with Crippen LogP contribution in [0.15, 0.2) is 47.4 Å². The molecule has 0 amide bonds. The molecule has 20 heavy (non-hydrogen) atoms. The molecule has 0 saturated heterocycles. The summed E-state index contributed by atoms with van der Waals surface area (Å²) in [6.45, 7) is 2.64. The number of hydrogen-bond donors (Lipinski definition) is 1. The largest absolute Gasteiger partial charge is 0.494 e. The lowest BCUT2D eigenvalue weighted by atomic mass is 10.2. The van der Waals surface area contributed by atoms with Gasteiger partial charge in [-0.25, -0.2) is 4.39 Å². The molecule has 0 saturated carbocycles. The van der Waals surface area contributed by atoms with Gasteiger partial charge in [-0.3, -0.25) is 0 Å². The molecule has 0 aromatic heterocycles. The van der Waals surface area contributed by atoms with Crippen molar-refractivity contribution >= 4 is 17.4 Å². The van der Waals surface area contributed by atoms with Gasteiger partial charge < -0.3 is 10.5 Å². The van der Waals surface area contributed by atoms with E-state index in [1.807, 2.05) is 13.0 Å². The second kappa shape index (κ2) is 7.20. The lowest BCUT2D eigenvalue weighted by Crippen LogP contribution is -1.99. The highest BCUT2D eigenvalue weighted by Crippen LogP contribution is 2.26. The van der Waals surface area contributed by atoms with Gasteiger partial charge in [0.25, 0.3) is 0 Å². The van der Waals surface area contributed by atoms with Crippen LogP contribution in [0.4, 0.5) is 10.1 Å². The number of aryl methyl sites for hydroxylation is 1. The highest BCUT2D eigenvalue weighted by molar-refractivity contribution is 7.99. The van der Waals surface area contributed by atoms with Crippen molar-refractivity contribution in [2.75, 3.05) is 18.1 Å². The number of rotatable bonds is 6. The molecule has 0 heterocycles. The summed E-state index contributed by atoms with van der Waals surface area (Å²) in [6.07, 6.45) is 0.912. The molecule has 106 valence electrons. The van der Waals surface area contributed by atoms with Crippen molar-refractivity contribution in [2.45, 2.75) is 18.2 Å². The molecule has 2 nitrogen and oxygen atoms in total. The van der Waals surface area contributed by atoms with Gasteiger partial charge in [-0.05, 0) is 55.3 Å². The highest BCUT2D eigenvalue weighted by atomic mass is 32.2. The van der Waals surface area contributed by atoms with Crippen molar-refractivity contribution in [1.29, 1.82) is 0 Å². The van der Waals surface area contributed by atoms with Gasteiger partial charge in [0.2, 0.25) is 0 Å². The van der Waals surface area contributed by atoms with E-state index in [1.165, 1.54) is 17.7 Å². The predicted octanol–water partition coefficient (Wildman–Crippen LogP) is 4.28. The lowest BCUT2D eigenvalue weighted by Gasteiger charge is -2.08. The zero-order chi connectivity index (χ0) is 14.4. The van der Waals surface area contributed by atoms with Gasteiger partial charge in [0.05, 0.1) is 6.61 Å². The van der Waals surface area contributed by atoms with Crippen LogP contribution in [0.25, 0.3) is 0 Å². The van der Waals surface area contributed by atoms with Crippen LogP contribution in [0.3, 0.4) is 0 Å². The topological polar surface area (TPSA) is 35.2 Å². The van der Waals surface area contributed by atoms with Gasteiger partial charge in [-0.2, -0.15) is 0 Å². The third-order valence-corrected chi connectivity index (χ3v) is 3.97. The molecule has 2 aromatic rings. The number of halogens is 1. The molecule has 0 atom stereocenters. The molecule has 0 radical (unpaired) electrons. The molecule has 0 fully saturated rings. The summed E-state index contributed by atoms with van der Waals surface area (Å²) < 4.78 is 18.2. The van der Waals surface area contributed by atoms with E-state index in [-0.39, 0.29) is 5.82 Å². The number of nitrogens with two attached hydrogens (primary N) is 1. The summed E-state index contributed by atoms with van der Waals surface area (Å²) in [7, 11) is 0. The predicted molar refractivity (Wildman–Crippen MR) is 82.8 cm³/mol. The van der Waals surface area contributed by atoms with Gasteiger partial charge in [0.15, 0.2) is 0 Å². The van der Waals surface area contributed by atoms with E-state index in [1.54, 1.807) is 23.9 Å². The Bertz CT molecular complexity index is 557. The third kappa shape index (κ3) is 4.46. The van der Waals surface area contributed by atoms with Crippen LogP contribution in [0, 0.1) is 12.7 Å². The minimum Gasteiger partial charge on any atom is -0.494 e. The minimum atomic E-state index is -0.247. The van der Waals surface area contributed by atoms with E-state index >= 15 is 0 Å². The number of ether oxygens (including phenoxy) is 1. The first kappa shape index (κ1) is 14.7. The zero-order valence-electron chi connectivity index (χ0n) is 11.4. The fraction of sp³-hybridized carbons (Fsp3) is 0.250. The van der Waals surface area contributed by atoms with Crippen LogP contribution >= 0.6 is 11.8 Å². The molecule has 0 unspecified atom stereocenters. The van der Waals surface area contributed by atoms with Crippen molar-refractivity contribution < 1.29 is 9.13 Å². The van der Waals surface area contributed by atoms with Crippen LogP contribution < -0.4 is 10.5 Å². The molecule has 2 aromatic carbocycles. The smallest absolute Gasteiger partial charge is 0.123 e. The Morgan fingerprint density at radius 2 is 1.90 bits per heavy atom. The second-order valence-electron chi connectivity index (χ2n) is 4.55. The van der Waals surface area contributed by atoms with E-state index in [4.69, 9.17) is 10.5 Å². The monoisotopic (exact) mass is 291 g/mol. The Balaban J connectivity index is 1.70. The number of hydrogen-bond acceptors (Lipinski definition) is 3. The maximum absolute atomic E-state index is 12.7. The van der Waals surface area contributed by atoms with E-state index in [2.05, 4.69) is 12.1 Å². The number of anilines is 1. The third-order valence-electron chi connectivity index (χ3n) is 2.79. The first-order chi connectivity index (χ1) is 9.65. The molecular formula is C16H18FNOS. The Labute approximate surface area is 123 Å².